The molecule has 18 heavy (non-hydrogen) atoms. The molecule has 1 aliphatic rings. The molecule has 1 atom stereocenters. The van der Waals surface area contributed by atoms with Crippen molar-refractivity contribution in [2.75, 3.05) is 6.54 Å². The molecule has 0 aromatic carbocycles. The van der Waals surface area contributed by atoms with Crippen LogP contribution in [0.4, 0.5) is 0 Å². The number of rotatable bonds is 3. The predicted molar refractivity (Wildman–Crippen MR) is 72.7 cm³/mol. The van der Waals surface area contributed by atoms with Crippen LogP contribution in [-0.4, -0.2) is 38.0 Å². The van der Waals surface area contributed by atoms with Crippen LogP contribution in [0, 0.1) is 6.92 Å². The molecule has 5 heteroatoms. The van der Waals surface area contributed by atoms with Gasteiger partial charge in [-0.2, -0.15) is 5.10 Å². The highest BCUT2D eigenvalue weighted by molar-refractivity contribution is 6.30. The highest BCUT2D eigenvalue weighted by Crippen LogP contribution is 2.30. The first-order valence-electron chi connectivity index (χ1n) is 6.45. The van der Waals surface area contributed by atoms with Crippen molar-refractivity contribution in [2.24, 2.45) is 7.05 Å². The molecule has 1 saturated heterocycles. The third-order valence-corrected chi connectivity index (χ3v) is 4.28. The number of aliphatic hydroxyl groups is 1. The minimum Gasteiger partial charge on any atom is -0.389 e. The van der Waals surface area contributed by atoms with Crippen molar-refractivity contribution < 1.29 is 5.11 Å². The van der Waals surface area contributed by atoms with E-state index in [1.807, 2.05) is 27.8 Å². The van der Waals surface area contributed by atoms with Gasteiger partial charge in [0.25, 0.3) is 0 Å². The van der Waals surface area contributed by atoms with Crippen LogP contribution in [0.25, 0.3) is 0 Å². The van der Waals surface area contributed by atoms with Crippen LogP contribution in [-0.2, 0) is 13.6 Å². The molecule has 0 aliphatic carbocycles. The van der Waals surface area contributed by atoms with Crippen molar-refractivity contribution in [2.45, 2.75) is 51.8 Å². The Morgan fingerprint density at radius 3 is 2.67 bits per heavy atom. The largest absolute Gasteiger partial charge is 0.389 e. The fourth-order valence-corrected chi connectivity index (χ4v) is 3.11. The van der Waals surface area contributed by atoms with Crippen LogP contribution in [0.1, 0.15) is 37.9 Å². The summed E-state index contributed by atoms with van der Waals surface area (Å²) in [6.07, 6.45) is 2.17. The lowest BCUT2D eigenvalue weighted by Crippen LogP contribution is -2.45. The Labute approximate surface area is 114 Å². The Morgan fingerprint density at radius 1 is 1.50 bits per heavy atom. The fraction of sp³-hybridized carbons (Fsp3) is 0.769. The lowest BCUT2D eigenvalue weighted by molar-refractivity contribution is -0.00507. The van der Waals surface area contributed by atoms with Gasteiger partial charge < -0.3 is 5.11 Å². The summed E-state index contributed by atoms with van der Waals surface area (Å²) < 4.78 is 1.71. The summed E-state index contributed by atoms with van der Waals surface area (Å²) in [6, 6.07) is 0.202. The van der Waals surface area contributed by atoms with Crippen molar-refractivity contribution >= 4 is 11.6 Å². The van der Waals surface area contributed by atoms with Crippen LogP contribution in [0.3, 0.4) is 0 Å². The van der Waals surface area contributed by atoms with E-state index in [4.69, 9.17) is 11.6 Å². The van der Waals surface area contributed by atoms with Crippen LogP contribution >= 0.6 is 11.6 Å². The molecule has 102 valence electrons. The van der Waals surface area contributed by atoms with Gasteiger partial charge >= 0.3 is 0 Å². The predicted octanol–water partition coefficient (Wildman–Crippen LogP) is 2.12. The normalized spacial score (nSPS) is 21.8. The standard InChI is InChI=1S/C13H22ClN3O/c1-9-10(12(14)16(4)15-9)8-17-7-5-6-11(17)13(2,3)18/h11,18H,5-8H2,1-4H3. The maximum atomic E-state index is 10.2. The van der Waals surface area contributed by atoms with E-state index in [9.17, 15) is 5.11 Å². The third-order valence-electron chi connectivity index (χ3n) is 3.81. The van der Waals surface area contributed by atoms with Gasteiger partial charge in [-0.3, -0.25) is 9.58 Å². The molecule has 0 bridgehead atoms. The van der Waals surface area contributed by atoms with Crippen molar-refractivity contribution in [1.29, 1.82) is 0 Å². The Kier molecular flexibility index (Phi) is 3.72. The van der Waals surface area contributed by atoms with E-state index in [0.717, 1.165) is 37.2 Å². The number of halogens is 1. The van der Waals surface area contributed by atoms with Crippen molar-refractivity contribution in [3.8, 4) is 0 Å². The monoisotopic (exact) mass is 271 g/mol. The Balaban J connectivity index is 2.18. The second kappa shape index (κ2) is 4.83. The number of likely N-dealkylation sites (tertiary alicyclic amines) is 1. The van der Waals surface area contributed by atoms with Gasteiger partial charge in [0.05, 0.1) is 11.3 Å². The average Bonchev–Trinajstić information content (AvgIpc) is 2.79. The zero-order valence-corrected chi connectivity index (χ0v) is 12.3. The lowest BCUT2D eigenvalue weighted by Gasteiger charge is -2.33. The molecule has 0 radical (unpaired) electrons. The number of aromatic nitrogens is 2. The first kappa shape index (κ1) is 13.8. The molecule has 1 aromatic heterocycles. The molecule has 1 aromatic rings. The summed E-state index contributed by atoms with van der Waals surface area (Å²) in [7, 11) is 1.86. The number of hydrogen-bond donors (Lipinski definition) is 1. The quantitative estimate of drug-likeness (QED) is 0.916. The van der Waals surface area contributed by atoms with Gasteiger partial charge in [-0.25, -0.2) is 0 Å². The van der Waals surface area contributed by atoms with E-state index >= 15 is 0 Å². The van der Waals surface area contributed by atoms with Gasteiger partial charge in [0.2, 0.25) is 0 Å². The Bertz CT molecular complexity index is 436. The molecule has 4 nitrogen and oxygen atoms in total. The molecule has 2 rings (SSSR count). The highest BCUT2D eigenvalue weighted by atomic mass is 35.5. The fourth-order valence-electron chi connectivity index (χ4n) is 2.87. The molecule has 1 unspecified atom stereocenters. The minimum atomic E-state index is -0.668. The summed E-state index contributed by atoms with van der Waals surface area (Å²) in [6.45, 7) is 7.53. The molecule has 1 aliphatic heterocycles. The van der Waals surface area contributed by atoms with Crippen LogP contribution < -0.4 is 0 Å². The molecule has 1 N–H and O–H groups in total. The maximum Gasteiger partial charge on any atom is 0.131 e. The van der Waals surface area contributed by atoms with E-state index in [2.05, 4.69) is 10.00 Å². The molecule has 0 saturated carbocycles. The molecular formula is C13H22ClN3O. The van der Waals surface area contributed by atoms with Crippen molar-refractivity contribution in [3.05, 3.63) is 16.4 Å². The molecular weight excluding hydrogens is 250 g/mol. The summed E-state index contributed by atoms with van der Waals surface area (Å²) in [5.74, 6) is 0. The van der Waals surface area contributed by atoms with Gasteiger partial charge in [-0.15, -0.1) is 0 Å². The molecule has 2 heterocycles. The highest BCUT2D eigenvalue weighted by Gasteiger charge is 2.36. The van der Waals surface area contributed by atoms with Gasteiger partial charge in [0.15, 0.2) is 0 Å². The van der Waals surface area contributed by atoms with E-state index in [-0.39, 0.29) is 6.04 Å². The summed E-state index contributed by atoms with van der Waals surface area (Å²) in [4.78, 5) is 2.32. The van der Waals surface area contributed by atoms with Gasteiger partial charge in [0, 0.05) is 25.2 Å². The first-order valence-corrected chi connectivity index (χ1v) is 6.83. The number of aryl methyl sites for hydroxylation is 2. The lowest BCUT2D eigenvalue weighted by atomic mass is 9.96. The SMILES string of the molecule is Cc1nn(C)c(Cl)c1CN1CCCC1C(C)(C)O. The zero-order valence-electron chi connectivity index (χ0n) is 11.6. The summed E-state index contributed by atoms with van der Waals surface area (Å²) >= 11 is 6.27. The maximum absolute atomic E-state index is 10.2. The Hall–Kier alpha value is -0.580. The topological polar surface area (TPSA) is 41.3 Å². The third kappa shape index (κ3) is 2.56. The number of hydrogen-bond acceptors (Lipinski definition) is 3. The van der Waals surface area contributed by atoms with Gasteiger partial charge in [-0.1, -0.05) is 11.6 Å². The zero-order chi connectivity index (χ0) is 13.5. The first-order chi connectivity index (χ1) is 8.30. The van der Waals surface area contributed by atoms with Crippen LogP contribution in [0.5, 0.6) is 0 Å². The number of nitrogens with zero attached hydrogens (tertiary/aromatic N) is 3. The van der Waals surface area contributed by atoms with Crippen molar-refractivity contribution in [3.63, 3.8) is 0 Å². The minimum absolute atomic E-state index is 0.202. The molecule has 0 amide bonds. The van der Waals surface area contributed by atoms with E-state index in [1.54, 1.807) is 4.68 Å². The van der Waals surface area contributed by atoms with Crippen LogP contribution in [0.2, 0.25) is 5.15 Å². The van der Waals surface area contributed by atoms with E-state index in [1.165, 1.54) is 0 Å². The van der Waals surface area contributed by atoms with E-state index in [0.29, 0.717) is 5.15 Å². The van der Waals surface area contributed by atoms with Gasteiger partial charge in [-0.05, 0) is 40.2 Å². The van der Waals surface area contributed by atoms with E-state index < -0.39 is 5.60 Å². The van der Waals surface area contributed by atoms with Crippen LogP contribution in [0.15, 0.2) is 0 Å². The Morgan fingerprint density at radius 2 is 2.17 bits per heavy atom. The summed E-state index contributed by atoms with van der Waals surface area (Å²) in [5.41, 5.74) is 1.39. The molecule has 1 fully saturated rings. The second-order valence-corrected chi connectivity index (χ2v) is 6.12. The van der Waals surface area contributed by atoms with Crippen molar-refractivity contribution in [1.82, 2.24) is 14.7 Å². The second-order valence-electron chi connectivity index (χ2n) is 5.76. The smallest absolute Gasteiger partial charge is 0.131 e. The summed E-state index contributed by atoms with van der Waals surface area (Å²) in [5, 5.41) is 15.3. The molecule has 0 spiro atoms. The van der Waals surface area contributed by atoms with Gasteiger partial charge in [0.1, 0.15) is 5.15 Å². The average molecular weight is 272 g/mol.